The van der Waals surface area contributed by atoms with Gasteiger partial charge in [0.15, 0.2) is 0 Å². The van der Waals surface area contributed by atoms with Gasteiger partial charge < -0.3 is 5.32 Å². The smallest absolute Gasteiger partial charge is 0.00872 e. The molecular formula is C13H21NS. The Balaban J connectivity index is 1.70. The first-order valence-corrected chi connectivity index (χ1v) is 6.82. The van der Waals surface area contributed by atoms with E-state index in [1.165, 1.54) is 37.1 Å². The quantitative estimate of drug-likeness (QED) is 0.806. The minimum atomic E-state index is 0.601. The zero-order valence-electron chi connectivity index (χ0n) is 9.75. The topological polar surface area (TPSA) is 12.0 Å². The highest BCUT2D eigenvalue weighted by molar-refractivity contribution is 7.09. The molecule has 1 saturated carbocycles. The predicted molar refractivity (Wildman–Crippen MR) is 67.4 cm³/mol. The zero-order chi connectivity index (χ0) is 10.7. The molecule has 0 spiro atoms. The van der Waals surface area contributed by atoms with Crippen LogP contribution in [-0.4, -0.2) is 12.6 Å². The lowest BCUT2D eigenvalue weighted by Gasteiger charge is -2.39. The molecule has 0 aromatic carbocycles. The highest BCUT2D eigenvalue weighted by atomic mass is 32.1. The van der Waals surface area contributed by atoms with Crippen LogP contribution < -0.4 is 5.32 Å². The van der Waals surface area contributed by atoms with Crippen LogP contribution >= 0.6 is 11.3 Å². The van der Waals surface area contributed by atoms with Gasteiger partial charge in [-0.25, -0.2) is 0 Å². The first-order valence-electron chi connectivity index (χ1n) is 5.94. The van der Waals surface area contributed by atoms with Gasteiger partial charge in [-0.2, -0.15) is 0 Å². The molecule has 1 aliphatic rings. The van der Waals surface area contributed by atoms with Crippen LogP contribution in [0.5, 0.6) is 0 Å². The Hall–Kier alpha value is -0.340. The summed E-state index contributed by atoms with van der Waals surface area (Å²) in [7, 11) is 0. The molecule has 1 N–H and O–H groups in total. The van der Waals surface area contributed by atoms with Crippen molar-refractivity contribution in [1.29, 1.82) is 0 Å². The molecule has 0 amide bonds. The lowest BCUT2D eigenvalue weighted by atomic mass is 9.70. The van der Waals surface area contributed by atoms with E-state index in [1.807, 2.05) is 11.3 Å². The summed E-state index contributed by atoms with van der Waals surface area (Å²) in [5, 5.41) is 5.83. The Morgan fingerprint density at radius 2 is 2.33 bits per heavy atom. The van der Waals surface area contributed by atoms with Crippen molar-refractivity contribution in [3.05, 3.63) is 22.4 Å². The number of hydrogen-bond acceptors (Lipinski definition) is 2. The largest absolute Gasteiger partial charge is 0.313 e. The van der Waals surface area contributed by atoms with Crippen molar-refractivity contribution >= 4 is 11.3 Å². The van der Waals surface area contributed by atoms with Crippen molar-refractivity contribution in [3.8, 4) is 0 Å². The Morgan fingerprint density at radius 3 is 2.87 bits per heavy atom. The summed E-state index contributed by atoms with van der Waals surface area (Å²) in [6.45, 7) is 5.89. The predicted octanol–water partition coefficient (Wildman–Crippen LogP) is 3.46. The maximum Gasteiger partial charge on any atom is 0.00872 e. The van der Waals surface area contributed by atoms with Crippen molar-refractivity contribution in [2.45, 2.75) is 45.6 Å². The summed E-state index contributed by atoms with van der Waals surface area (Å²) < 4.78 is 0. The van der Waals surface area contributed by atoms with Gasteiger partial charge in [-0.1, -0.05) is 19.4 Å². The first kappa shape index (κ1) is 11.2. The van der Waals surface area contributed by atoms with E-state index in [2.05, 4.69) is 36.7 Å². The second-order valence-electron chi connectivity index (χ2n) is 5.23. The van der Waals surface area contributed by atoms with Crippen LogP contribution in [0.4, 0.5) is 0 Å². The van der Waals surface area contributed by atoms with Crippen molar-refractivity contribution in [1.82, 2.24) is 5.32 Å². The fraction of sp³-hybridized carbons (Fsp3) is 0.692. The molecule has 2 rings (SSSR count). The highest BCUT2D eigenvalue weighted by Gasteiger charge is 2.31. The molecule has 1 atom stereocenters. The highest BCUT2D eigenvalue weighted by Crippen LogP contribution is 2.39. The molecule has 1 fully saturated rings. The summed E-state index contributed by atoms with van der Waals surface area (Å²) in [5.74, 6) is 0. The summed E-state index contributed by atoms with van der Waals surface area (Å²) >= 11 is 1.86. The monoisotopic (exact) mass is 223 g/mol. The van der Waals surface area contributed by atoms with Crippen LogP contribution in [0.2, 0.25) is 0 Å². The zero-order valence-corrected chi connectivity index (χ0v) is 10.6. The lowest BCUT2D eigenvalue weighted by Crippen LogP contribution is -2.41. The average molecular weight is 223 g/mol. The van der Waals surface area contributed by atoms with E-state index in [4.69, 9.17) is 0 Å². The Kier molecular flexibility index (Phi) is 3.47. The fourth-order valence-corrected chi connectivity index (χ4v) is 3.02. The lowest BCUT2D eigenvalue weighted by molar-refractivity contribution is 0.152. The molecule has 1 aromatic rings. The van der Waals surface area contributed by atoms with Gasteiger partial charge >= 0.3 is 0 Å². The summed E-state index contributed by atoms with van der Waals surface area (Å²) in [5.41, 5.74) is 0.601. The molecule has 1 unspecified atom stereocenters. The number of thiophene rings is 1. The van der Waals surface area contributed by atoms with Crippen molar-refractivity contribution in [2.24, 2.45) is 5.41 Å². The molecule has 1 aromatic heterocycles. The van der Waals surface area contributed by atoms with Crippen LogP contribution in [0.3, 0.4) is 0 Å². The third-order valence-corrected chi connectivity index (χ3v) is 4.42. The van der Waals surface area contributed by atoms with Gasteiger partial charge in [-0.15, -0.1) is 11.3 Å². The SMILES string of the molecule is CC(Cc1cccs1)NCC1(C)CCC1. The van der Waals surface area contributed by atoms with E-state index in [1.54, 1.807) is 0 Å². The van der Waals surface area contributed by atoms with E-state index in [0.717, 1.165) is 0 Å². The van der Waals surface area contributed by atoms with Gasteiger partial charge in [0, 0.05) is 17.5 Å². The molecule has 1 aliphatic carbocycles. The van der Waals surface area contributed by atoms with Crippen LogP contribution in [0, 0.1) is 5.41 Å². The second kappa shape index (κ2) is 4.67. The fourth-order valence-electron chi connectivity index (χ4n) is 2.18. The van der Waals surface area contributed by atoms with Gasteiger partial charge in [-0.3, -0.25) is 0 Å². The van der Waals surface area contributed by atoms with E-state index >= 15 is 0 Å². The normalized spacial score (nSPS) is 20.9. The van der Waals surface area contributed by atoms with Crippen LogP contribution in [0.1, 0.15) is 38.0 Å². The van der Waals surface area contributed by atoms with Crippen molar-refractivity contribution < 1.29 is 0 Å². The summed E-state index contributed by atoms with van der Waals surface area (Å²) in [6.07, 6.45) is 5.42. The van der Waals surface area contributed by atoms with Crippen LogP contribution in [-0.2, 0) is 6.42 Å². The van der Waals surface area contributed by atoms with E-state index in [0.29, 0.717) is 11.5 Å². The Labute approximate surface area is 96.9 Å². The van der Waals surface area contributed by atoms with E-state index in [-0.39, 0.29) is 0 Å². The molecular weight excluding hydrogens is 202 g/mol. The van der Waals surface area contributed by atoms with Crippen molar-refractivity contribution in [2.75, 3.05) is 6.54 Å². The molecule has 0 radical (unpaired) electrons. The van der Waals surface area contributed by atoms with Gasteiger partial charge in [0.05, 0.1) is 0 Å². The van der Waals surface area contributed by atoms with Gasteiger partial charge in [-0.05, 0) is 43.0 Å². The number of rotatable bonds is 5. The molecule has 0 bridgehead atoms. The third-order valence-electron chi connectivity index (χ3n) is 3.53. The molecule has 2 heteroatoms. The first-order chi connectivity index (χ1) is 7.18. The minimum absolute atomic E-state index is 0.601. The molecule has 15 heavy (non-hydrogen) atoms. The molecule has 84 valence electrons. The van der Waals surface area contributed by atoms with Crippen LogP contribution in [0.25, 0.3) is 0 Å². The maximum absolute atomic E-state index is 3.67. The second-order valence-corrected chi connectivity index (χ2v) is 6.26. The Morgan fingerprint density at radius 1 is 1.53 bits per heavy atom. The average Bonchev–Trinajstić information content (AvgIpc) is 2.64. The van der Waals surface area contributed by atoms with Gasteiger partial charge in [0.1, 0.15) is 0 Å². The summed E-state index contributed by atoms with van der Waals surface area (Å²) in [4.78, 5) is 1.49. The van der Waals surface area contributed by atoms with Gasteiger partial charge in [0.2, 0.25) is 0 Å². The Bertz CT molecular complexity index is 287. The van der Waals surface area contributed by atoms with Gasteiger partial charge in [0.25, 0.3) is 0 Å². The standard InChI is InChI=1S/C13H21NS/c1-11(9-12-5-3-8-15-12)14-10-13(2)6-4-7-13/h3,5,8,11,14H,4,6-7,9-10H2,1-2H3. The van der Waals surface area contributed by atoms with E-state index in [9.17, 15) is 0 Å². The third kappa shape index (κ3) is 3.05. The maximum atomic E-state index is 3.67. The molecule has 0 saturated heterocycles. The number of hydrogen-bond donors (Lipinski definition) is 1. The van der Waals surface area contributed by atoms with Crippen LogP contribution in [0.15, 0.2) is 17.5 Å². The molecule has 1 nitrogen and oxygen atoms in total. The minimum Gasteiger partial charge on any atom is -0.313 e. The van der Waals surface area contributed by atoms with Crippen molar-refractivity contribution in [3.63, 3.8) is 0 Å². The molecule has 0 aliphatic heterocycles. The van der Waals surface area contributed by atoms with E-state index < -0.39 is 0 Å². The number of nitrogens with one attached hydrogen (secondary N) is 1. The summed E-state index contributed by atoms with van der Waals surface area (Å²) in [6, 6.07) is 4.98. The molecule has 1 heterocycles.